The Morgan fingerprint density at radius 2 is 2.00 bits per heavy atom. The number of halogens is 1. The first-order chi connectivity index (χ1) is 13.8. The summed E-state index contributed by atoms with van der Waals surface area (Å²) in [6.45, 7) is -0.701. The van der Waals surface area contributed by atoms with E-state index in [1.165, 1.54) is 16.9 Å². The molecule has 0 spiro atoms. The van der Waals surface area contributed by atoms with Gasteiger partial charge in [0, 0.05) is 17.6 Å². The van der Waals surface area contributed by atoms with Gasteiger partial charge in [0.2, 0.25) is 5.91 Å². The lowest BCUT2D eigenvalue weighted by atomic mass is 10.1. The number of nitrogens with two attached hydrogens (primary N) is 1. The van der Waals surface area contributed by atoms with E-state index in [1.807, 2.05) is 0 Å². The topological polar surface area (TPSA) is 145 Å². The van der Waals surface area contributed by atoms with Crippen molar-refractivity contribution < 1.29 is 14.7 Å². The van der Waals surface area contributed by atoms with Gasteiger partial charge in [-0.2, -0.15) is 14.9 Å². The molecule has 10 nitrogen and oxygen atoms in total. The molecule has 4 N–H and O–H groups in total. The van der Waals surface area contributed by atoms with Gasteiger partial charge in [0.25, 0.3) is 11.5 Å². The van der Waals surface area contributed by atoms with Gasteiger partial charge in [-0.1, -0.05) is 23.7 Å². The SMILES string of the molecule is Cn1cc(-n2nc(-c3ccc(Cl)cc3)cc(C(=O)NC(CO)C(N)=O)c2=O)cn1. The number of hydrogen-bond donors (Lipinski definition) is 3. The summed E-state index contributed by atoms with van der Waals surface area (Å²) in [5.41, 5.74) is 5.39. The fourth-order valence-corrected chi connectivity index (χ4v) is 2.68. The fraction of sp³-hybridized carbons (Fsp3) is 0.167. The third kappa shape index (κ3) is 4.33. The number of benzene rings is 1. The molecule has 1 aromatic carbocycles. The second-order valence-electron chi connectivity index (χ2n) is 6.15. The smallest absolute Gasteiger partial charge is 0.284 e. The molecule has 150 valence electrons. The van der Waals surface area contributed by atoms with Crippen LogP contribution in [0.3, 0.4) is 0 Å². The van der Waals surface area contributed by atoms with Crippen LogP contribution in [0.4, 0.5) is 0 Å². The number of aryl methyl sites for hydroxylation is 1. The van der Waals surface area contributed by atoms with Crippen molar-refractivity contribution in [1.82, 2.24) is 24.9 Å². The van der Waals surface area contributed by atoms with Crippen LogP contribution < -0.4 is 16.6 Å². The van der Waals surface area contributed by atoms with Gasteiger partial charge < -0.3 is 16.2 Å². The molecule has 0 saturated carbocycles. The summed E-state index contributed by atoms with van der Waals surface area (Å²) in [7, 11) is 1.67. The molecule has 1 atom stereocenters. The Kier molecular flexibility index (Phi) is 5.76. The highest BCUT2D eigenvalue weighted by Crippen LogP contribution is 2.20. The number of aliphatic hydroxyl groups excluding tert-OH is 1. The Morgan fingerprint density at radius 1 is 1.31 bits per heavy atom. The Bertz CT molecular complexity index is 1120. The molecule has 3 aromatic rings. The highest BCUT2D eigenvalue weighted by Gasteiger charge is 2.22. The molecule has 2 amide bonds. The Hall–Kier alpha value is -3.50. The molecule has 0 aliphatic heterocycles. The third-order valence-electron chi connectivity index (χ3n) is 4.06. The summed E-state index contributed by atoms with van der Waals surface area (Å²) in [6, 6.07) is 6.62. The summed E-state index contributed by atoms with van der Waals surface area (Å²) in [5, 5.41) is 20.3. The lowest BCUT2D eigenvalue weighted by Crippen LogP contribution is -2.48. The molecular formula is C18H17ClN6O4. The number of aromatic nitrogens is 4. The molecule has 29 heavy (non-hydrogen) atoms. The van der Waals surface area contributed by atoms with Gasteiger partial charge in [0.1, 0.15) is 17.3 Å². The first-order valence-corrected chi connectivity index (χ1v) is 8.78. The van der Waals surface area contributed by atoms with E-state index in [-0.39, 0.29) is 5.56 Å². The number of aliphatic hydroxyl groups is 1. The molecule has 1 unspecified atom stereocenters. The number of carbonyl (C=O) groups excluding carboxylic acids is 2. The zero-order valence-electron chi connectivity index (χ0n) is 15.2. The van der Waals surface area contributed by atoms with Crippen molar-refractivity contribution in [2.45, 2.75) is 6.04 Å². The van der Waals surface area contributed by atoms with Crippen molar-refractivity contribution in [3.05, 3.63) is 63.7 Å². The zero-order valence-corrected chi connectivity index (χ0v) is 16.0. The van der Waals surface area contributed by atoms with Crippen molar-refractivity contribution in [1.29, 1.82) is 0 Å². The Labute approximate surface area is 169 Å². The van der Waals surface area contributed by atoms with E-state index in [0.29, 0.717) is 22.0 Å². The maximum atomic E-state index is 12.9. The van der Waals surface area contributed by atoms with Crippen LogP contribution in [0.5, 0.6) is 0 Å². The number of primary amides is 1. The quantitative estimate of drug-likeness (QED) is 0.510. The number of carbonyl (C=O) groups is 2. The van der Waals surface area contributed by atoms with Gasteiger partial charge in [0.15, 0.2) is 0 Å². The Morgan fingerprint density at radius 3 is 2.55 bits per heavy atom. The van der Waals surface area contributed by atoms with E-state index in [1.54, 1.807) is 37.5 Å². The van der Waals surface area contributed by atoms with Crippen LogP contribution in [0, 0.1) is 0 Å². The van der Waals surface area contributed by atoms with E-state index in [4.69, 9.17) is 17.3 Å². The lowest BCUT2D eigenvalue weighted by Gasteiger charge is -2.14. The van der Waals surface area contributed by atoms with E-state index in [0.717, 1.165) is 4.68 Å². The molecule has 0 radical (unpaired) electrons. The Balaban J connectivity index is 2.15. The minimum atomic E-state index is -1.33. The van der Waals surface area contributed by atoms with Crippen molar-refractivity contribution >= 4 is 23.4 Å². The fourth-order valence-electron chi connectivity index (χ4n) is 2.55. The van der Waals surface area contributed by atoms with Crippen molar-refractivity contribution in [3.8, 4) is 16.9 Å². The van der Waals surface area contributed by atoms with Gasteiger partial charge >= 0.3 is 0 Å². The summed E-state index contributed by atoms with van der Waals surface area (Å²) in [5.74, 6) is -1.80. The average molecular weight is 417 g/mol. The van der Waals surface area contributed by atoms with Crippen molar-refractivity contribution in [2.75, 3.05) is 6.61 Å². The summed E-state index contributed by atoms with van der Waals surface area (Å²) in [6.07, 6.45) is 2.98. The molecule has 0 fully saturated rings. The molecule has 11 heteroatoms. The van der Waals surface area contributed by atoms with Crippen LogP contribution in [-0.2, 0) is 11.8 Å². The van der Waals surface area contributed by atoms with Gasteiger partial charge in [0.05, 0.1) is 24.7 Å². The molecule has 0 saturated heterocycles. The lowest BCUT2D eigenvalue weighted by molar-refractivity contribution is -0.120. The molecule has 3 rings (SSSR count). The highest BCUT2D eigenvalue weighted by molar-refractivity contribution is 6.30. The molecule has 2 heterocycles. The van der Waals surface area contributed by atoms with Crippen molar-refractivity contribution in [3.63, 3.8) is 0 Å². The molecule has 0 aliphatic carbocycles. The normalized spacial score (nSPS) is 11.8. The van der Waals surface area contributed by atoms with E-state index in [9.17, 15) is 19.5 Å². The van der Waals surface area contributed by atoms with E-state index < -0.39 is 30.0 Å². The predicted octanol–water partition coefficient (Wildman–Crippen LogP) is -0.138. The van der Waals surface area contributed by atoms with Crippen LogP contribution in [0.15, 0.2) is 47.5 Å². The monoisotopic (exact) mass is 416 g/mol. The van der Waals surface area contributed by atoms with Gasteiger partial charge in [-0.15, -0.1) is 0 Å². The average Bonchev–Trinajstić information content (AvgIpc) is 3.12. The third-order valence-corrected chi connectivity index (χ3v) is 4.32. The van der Waals surface area contributed by atoms with Crippen LogP contribution >= 0.6 is 11.6 Å². The maximum Gasteiger partial charge on any atom is 0.284 e. The van der Waals surface area contributed by atoms with E-state index >= 15 is 0 Å². The minimum absolute atomic E-state index is 0.284. The standard InChI is InChI=1S/C18H17ClN6O4/c1-24-8-12(7-21-24)25-18(29)13(17(28)22-15(9-26)16(20)27)6-14(23-25)10-2-4-11(19)5-3-10/h2-8,15,26H,9H2,1H3,(H2,20,27)(H,22,28). The molecular weight excluding hydrogens is 400 g/mol. The summed E-state index contributed by atoms with van der Waals surface area (Å²) >= 11 is 5.92. The van der Waals surface area contributed by atoms with Gasteiger partial charge in [-0.05, 0) is 18.2 Å². The molecule has 2 aromatic heterocycles. The van der Waals surface area contributed by atoms with Crippen molar-refractivity contribution in [2.24, 2.45) is 12.8 Å². The highest BCUT2D eigenvalue weighted by atomic mass is 35.5. The zero-order chi connectivity index (χ0) is 21.1. The van der Waals surface area contributed by atoms with Gasteiger partial charge in [-0.3, -0.25) is 19.1 Å². The first kappa shape index (κ1) is 20.2. The molecule has 0 aliphatic rings. The number of rotatable bonds is 6. The maximum absolute atomic E-state index is 12.9. The number of nitrogens with one attached hydrogen (secondary N) is 1. The molecule has 0 bridgehead atoms. The predicted molar refractivity (Wildman–Crippen MR) is 105 cm³/mol. The van der Waals surface area contributed by atoms with Gasteiger partial charge in [-0.25, -0.2) is 0 Å². The largest absolute Gasteiger partial charge is 0.394 e. The first-order valence-electron chi connectivity index (χ1n) is 8.40. The number of hydrogen-bond acceptors (Lipinski definition) is 6. The van der Waals surface area contributed by atoms with Crippen LogP contribution in [0.25, 0.3) is 16.9 Å². The summed E-state index contributed by atoms with van der Waals surface area (Å²) in [4.78, 5) is 36.9. The second kappa shape index (κ2) is 8.25. The second-order valence-corrected chi connectivity index (χ2v) is 6.59. The van der Waals surface area contributed by atoms with Crippen LogP contribution in [0.1, 0.15) is 10.4 Å². The van der Waals surface area contributed by atoms with E-state index in [2.05, 4.69) is 15.5 Å². The van der Waals surface area contributed by atoms with Crippen LogP contribution in [0.2, 0.25) is 5.02 Å². The minimum Gasteiger partial charge on any atom is -0.394 e. The summed E-state index contributed by atoms with van der Waals surface area (Å²) < 4.78 is 2.51. The van der Waals surface area contributed by atoms with Crippen LogP contribution in [-0.4, -0.2) is 49.1 Å². The number of nitrogens with zero attached hydrogens (tertiary/aromatic N) is 4. The number of amides is 2.